The normalized spacial score (nSPS) is 15.8. The number of hydrogen-bond acceptors (Lipinski definition) is 4. The Morgan fingerprint density at radius 1 is 1.12 bits per heavy atom. The minimum absolute atomic E-state index is 0.116. The van der Waals surface area contributed by atoms with E-state index in [1.54, 1.807) is 6.07 Å². The summed E-state index contributed by atoms with van der Waals surface area (Å²) < 4.78 is 69.8. The number of nitrogens with zero attached hydrogens (tertiary/aromatic N) is 2. The number of hydrogen-bond donors (Lipinski definition) is 1. The molecule has 1 aliphatic heterocycles. The monoisotopic (exact) mass is 493 g/mol. The molecule has 1 aromatic heterocycles. The van der Waals surface area contributed by atoms with E-state index in [1.165, 1.54) is 18.0 Å². The molecular formula is C20H17ClF5N3O2S. The Morgan fingerprint density at radius 3 is 2.38 bits per heavy atom. The Morgan fingerprint density at radius 2 is 1.75 bits per heavy atom. The van der Waals surface area contributed by atoms with Gasteiger partial charge in [0.15, 0.2) is 0 Å². The standard InChI is InChI=1S/C20H17ClF5N3O2S/c1-29(8-11-2-4-12(5-3-11)32(22,23,24,25)26)20(30)14-6-13-15-9-31-10-16(15)19(27)28-18(13)7-17(14)21/h2-7H,8-10H2,1H3,(H2,27,28). The molecule has 5 nitrogen and oxygen atoms in total. The van der Waals surface area contributed by atoms with Crippen molar-refractivity contribution in [3.63, 3.8) is 0 Å². The second kappa shape index (κ2) is 6.69. The number of benzene rings is 2. The molecule has 2 aromatic carbocycles. The fourth-order valence-electron chi connectivity index (χ4n) is 3.56. The molecule has 3 aromatic rings. The molecule has 0 unspecified atom stereocenters. The number of anilines is 1. The lowest BCUT2D eigenvalue weighted by Gasteiger charge is -2.40. The van der Waals surface area contributed by atoms with Crippen molar-refractivity contribution in [2.45, 2.75) is 24.7 Å². The minimum Gasteiger partial charge on any atom is -0.383 e. The topological polar surface area (TPSA) is 68.5 Å². The van der Waals surface area contributed by atoms with Crippen LogP contribution in [0.25, 0.3) is 10.9 Å². The summed E-state index contributed by atoms with van der Waals surface area (Å²) >= 11 is 6.29. The fourth-order valence-corrected chi connectivity index (χ4v) is 4.45. The number of ether oxygens (including phenoxy) is 1. The van der Waals surface area contributed by atoms with Crippen molar-refractivity contribution in [1.29, 1.82) is 0 Å². The van der Waals surface area contributed by atoms with Gasteiger partial charge in [-0.25, -0.2) is 4.98 Å². The number of nitrogens with two attached hydrogens (primary N) is 1. The second-order valence-electron chi connectivity index (χ2n) is 7.57. The minimum atomic E-state index is -9.75. The number of pyridine rings is 1. The molecule has 1 aliphatic rings. The van der Waals surface area contributed by atoms with E-state index in [9.17, 15) is 24.2 Å². The van der Waals surface area contributed by atoms with Crippen LogP contribution in [0, 0.1) is 0 Å². The number of fused-ring (bicyclic) bond motifs is 3. The number of halogens is 6. The third-order valence-corrected chi connectivity index (χ3v) is 6.66. The fraction of sp³-hybridized carbons (Fsp3) is 0.200. The highest BCUT2D eigenvalue weighted by molar-refractivity contribution is 8.45. The number of carbonyl (C=O) groups excluding carboxylic acids is 1. The summed E-state index contributed by atoms with van der Waals surface area (Å²) in [5, 5.41) is 0.782. The molecule has 0 saturated carbocycles. The van der Waals surface area contributed by atoms with Crippen molar-refractivity contribution in [3.05, 3.63) is 63.7 Å². The Balaban J connectivity index is 1.62. The Kier molecular flexibility index (Phi) is 4.72. The van der Waals surface area contributed by atoms with Gasteiger partial charge in [0, 0.05) is 24.5 Å². The van der Waals surface area contributed by atoms with E-state index in [4.69, 9.17) is 22.1 Å². The summed E-state index contributed by atoms with van der Waals surface area (Å²) in [4.78, 5) is 16.5. The highest BCUT2D eigenvalue weighted by atomic mass is 35.5. The van der Waals surface area contributed by atoms with Gasteiger partial charge < -0.3 is 15.4 Å². The number of amides is 1. The lowest BCUT2D eigenvalue weighted by Crippen LogP contribution is -2.26. The van der Waals surface area contributed by atoms with E-state index in [0.29, 0.717) is 42.1 Å². The maximum Gasteiger partial charge on any atom is 0.310 e. The van der Waals surface area contributed by atoms with Gasteiger partial charge in [-0.1, -0.05) is 43.2 Å². The number of aromatic nitrogens is 1. The Hall–Kier alpha value is -2.63. The van der Waals surface area contributed by atoms with Crippen molar-refractivity contribution >= 4 is 44.5 Å². The van der Waals surface area contributed by atoms with Crippen LogP contribution in [0.1, 0.15) is 27.0 Å². The molecule has 2 N–H and O–H groups in total. The summed E-state index contributed by atoms with van der Waals surface area (Å²) in [6, 6.07) is 5.55. The molecule has 32 heavy (non-hydrogen) atoms. The predicted octanol–water partition coefficient (Wildman–Crippen LogP) is 6.43. The SMILES string of the molecule is CN(Cc1ccc(S(F)(F)(F)(F)F)cc1)C(=O)c1cc2c3c(c(N)nc2cc1Cl)COC3. The second-order valence-corrected chi connectivity index (χ2v) is 10.4. The Labute approximate surface area is 184 Å². The van der Waals surface area contributed by atoms with E-state index in [1.807, 2.05) is 0 Å². The van der Waals surface area contributed by atoms with Gasteiger partial charge in [-0.05, 0) is 35.4 Å². The summed E-state index contributed by atoms with van der Waals surface area (Å²) in [5.74, 6) is -0.175. The van der Waals surface area contributed by atoms with E-state index in [0.717, 1.165) is 23.3 Å². The van der Waals surface area contributed by atoms with Gasteiger partial charge in [0.2, 0.25) is 0 Å². The van der Waals surface area contributed by atoms with Gasteiger partial charge in [-0.2, -0.15) is 0 Å². The van der Waals surface area contributed by atoms with Crippen LogP contribution in [-0.2, 0) is 24.5 Å². The largest absolute Gasteiger partial charge is 0.383 e. The average Bonchev–Trinajstić information content (AvgIpc) is 3.16. The van der Waals surface area contributed by atoms with Crippen molar-refractivity contribution < 1.29 is 29.0 Å². The number of rotatable bonds is 4. The first-order chi connectivity index (χ1) is 14.6. The van der Waals surface area contributed by atoms with Gasteiger partial charge in [0.25, 0.3) is 5.91 Å². The zero-order chi connectivity index (χ0) is 23.5. The summed E-state index contributed by atoms with van der Waals surface area (Å²) in [5.41, 5.74) is 8.41. The van der Waals surface area contributed by atoms with Gasteiger partial charge in [-0.3, -0.25) is 4.79 Å². The molecule has 12 heteroatoms. The van der Waals surface area contributed by atoms with Crippen LogP contribution in [0.3, 0.4) is 0 Å². The Bertz CT molecular complexity index is 1270. The predicted molar refractivity (Wildman–Crippen MR) is 113 cm³/mol. The van der Waals surface area contributed by atoms with Crippen molar-refractivity contribution in [1.82, 2.24) is 9.88 Å². The molecule has 0 aliphatic carbocycles. The molecule has 2 heterocycles. The van der Waals surface area contributed by atoms with Crippen molar-refractivity contribution in [2.24, 2.45) is 0 Å². The number of nitrogen functional groups attached to an aromatic ring is 1. The molecule has 0 bridgehead atoms. The first-order valence-corrected chi connectivity index (χ1v) is 11.5. The van der Waals surface area contributed by atoms with Gasteiger partial charge in [0.05, 0.1) is 29.3 Å². The molecule has 0 atom stereocenters. The third kappa shape index (κ3) is 4.19. The quantitative estimate of drug-likeness (QED) is 0.425. The van der Waals surface area contributed by atoms with Crippen LogP contribution in [0.4, 0.5) is 25.2 Å². The molecular weight excluding hydrogens is 477 g/mol. The molecule has 0 spiro atoms. The maximum absolute atomic E-state index is 13.0. The maximum atomic E-state index is 13.0. The number of carbonyl (C=O) groups is 1. The first kappa shape index (κ1) is 22.6. The molecule has 0 radical (unpaired) electrons. The van der Waals surface area contributed by atoms with Crippen LogP contribution < -0.4 is 5.73 Å². The molecule has 172 valence electrons. The molecule has 0 fully saturated rings. The van der Waals surface area contributed by atoms with Crippen molar-refractivity contribution in [3.8, 4) is 0 Å². The first-order valence-electron chi connectivity index (χ1n) is 9.21. The van der Waals surface area contributed by atoms with Crippen LogP contribution in [0.15, 0.2) is 41.3 Å². The van der Waals surface area contributed by atoms with E-state index >= 15 is 0 Å². The molecule has 0 saturated heterocycles. The van der Waals surface area contributed by atoms with E-state index in [2.05, 4.69) is 4.98 Å². The summed E-state index contributed by atoms with van der Waals surface area (Å²) in [6.45, 7) is 0.502. The van der Waals surface area contributed by atoms with E-state index in [-0.39, 0.29) is 22.7 Å². The molecule has 1 amide bonds. The highest BCUT2D eigenvalue weighted by Crippen LogP contribution is 3.02. The third-order valence-electron chi connectivity index (χ3n) is 5.18. The average molecular weight is 494 g/mol. The van der Waals surface area contributed by atoms with Gasteiger partial charge in [0.1, 0.15) is 10.7 Å². The zero-order valence-corrected chi connectivity index (χ0v) is 18.1. The summed E-state index contributed by atoms with van der Waals surface area (Å²) in [7, 11) is -8.32. The zero-order valence-electron chi connectivity index (χ0n) is 16.5. The lowest BCUT2D eigenvalue weighted by molar-refractivity contribution is 0.0785. The van der Waals surface area contributed by atoms with Crippen LogP contribution >= 0.6 is 21.8 Å². The van der Waals surface area contributed by atoms with Gasteiger partial charge >= 0.3 is 10.2 Å². The molecule has 4 rings (SSSR count). The van der Waals surface area contributed by atoms with Crippen LogP contribution in [0.5, 0.6) is 0 Å². The lowest BCUT2D eigenvalue weighted by atomic mass is 10.0. The van der Waals surface area contributed by atoms with E-state index < -0.39 is 21.0 Å². The van der Waals surface area contributed by atoms with Crippen molar-refractivity contribution in [2.75, 3.05) is 12.8 Å². The smallest absolute Gasteiger partial charge is 0.310 e. The summed E-state index contributed by atoms with van der Waals surface area (Å²) in [6.07, 6.45) is 0. The highest BCUT2D eigenvalue weighted by Gasteiger charge is 2.65. The van der Waals surface area contributed by atoms with Gasteiger partial charge in [-0.15, -0.1) is 0 Å². The van der Waals surface area contributed by atoms with Crippen LogP contribution in [0.2, 0.25) is 5.02 Å². The van der Waals surface area contributed by atoms with Crippen LogP contribution in [-0.4, -0.2) is 22.8 Å².